The van der Waals surface area contributed by atoms with Crippen molar-refractivity contribution in [2.75, 3.05) is 0 Å². The summed E-state index contributed by atoms with van der Waals surface area (Å²) >= 11 is 5.84. The molecule has 0 bridgehead atoms. The Morgan fingerprint density at radius 3 is 1.92 bits per heavy atom. The second kappa shape index (κ2) is 11.2. The number of hydrogen-bond donors (Lipinski definition) is 3. The Hall–Kier alpha value is -4.37. The molecule has 0 spiro atoms. The monoisotopic (exact) mass is 557 g/mol. The fraction of sp³-hybridized carbons (Fsp3) is 0.103. The van der Waals surface area contributed by atoms with Crippen molar-refractivity contribution in [2.24, 2.45) is 0 Å². The first-order valence-corrected chi connectivity index (χ1v) is 11.9. The lowest BCUT2D eigenvalue weighted by Gasteiger charge is -2.16. The van der Waals surface area contributed by atoms with Gasteiger partial charge >= 0.3 is 12.1 Å². The maximum absolute atomic E-state index is 13.4. The molecule has 3 N–H and O–H groups in total. The maximum atomic E-state index is 13.4. The van der Waals surface area contributed by atoms with Crippen LogP contribution in [0.4, 0.5) is 17.6 Å². The van der Waals surface area contributed by atoms with E-state index in [0.29, 0.717) is 22.3 Å². The second-order valence-electron chi connectivity index (χ2n) is 8.70. The van der Waals surface area contributed by atoms with E-state index in [9.17, 15) is 37.4 Å². The third-order valence-corrected chi connectivity index (χ3v) is 6.33. The summed E-state index contributed by atoms with van der Waals surface area (Å²) in [6.07, 6.45) is -4.58. The number of hydrogen-bond acceptors (Lipinski definition) is 3. The molecule has 0 aliphatic heterocycles. The number of amides is 1. The van der Waals surface area contributed by atoms with Gasteiger partial charge in [-0.05, 0) is 64.2 Å². The van der Waals surface area contributed by atoms with Crippen molar-refractivity contribution < 1.29 is 37.4 Å². The van der Waals surface area contributed by atoms with E-state index in [4.69, 9.17) is 11.6 Å². The van der Waals surface area contributed by atoms with Crippen LogP contribution in [0.5, 0.6) is 5.75 Å². The zero-order valence-corrected chi connectivity index (χ0v) is 20.7. The van der Waals surface area contributed by atoms with E-state index in [1.807, 2.05) is 0 Å². The van der Waals surface area contributed by atoms with Gasteiger partial charge in [0.05, 0.1) is 16.1 Å². The van der Waals surface area contributed by atoms with Crippen LogP contribution in [-0.4, -0.2) is 28.1 Å². The normalized spacial score (nSPS) is 12.1. The Labute approximate surface area is 225 Å². The molecule has 4 aromatic rings. The number of rotatable bonds is 7. The van der Waals surface area contributed by atoms with Crippen molar-refractivity contribution in [1.29, 1.82) is 0 Å². The van der Waals surface area contributed by atoms with Crippen LogP contribution in [0, 0.1) is 5.82 Å². The van der Waals surface area contributed by atoms with Crippen molar-refractivity contribution in [3.63, 3.8) is 0 Å². The minimum absolute atomic E-state index is 0.0316. The molecule has 200 valence electrons. The molecule has 5 nitrogen and oxygen atoms in total. The predicted octanol–water partition coefficient (Wildman–Crippen LogP) is 6.96. The molecule has 0 radical (unpaired) electrons. The Balaban J connectivity index is 1.50. The summed E-state index contributed by atoms with van der Waals surface area (Å²) in [6, 6.07) is 17.8. The molecule has 39 heavy (non-hydrogen) atoms. The van der Waals surface area contributed by atoms with Crippen LogP contribution in [0.1, 0.15) is 21.5 Å². The van der Waals surface area contributed by atoms with E-state index in [0.717, 1.165) is 17.7 Å². The average Bonchev–Trinajstić information content (AvgIpc) is 2.90. The quantitative estimate of drug-likeness (QED) is 0.214. The van der Waals surface area contributed by atoms with Gasteiger partial charge in [-0.3, -0.25) is 4.79 Å². The SMILES string of the molecule is O=C(N[C@H](Cc1ccc(-c2ccc(F)c(Cl)c2)cc1)C(=O)O)c1cc(-c2ccc(C(F)(F)F)cc2)ccc1O. The average molecular weight is 558 g/mol. The molecule has 1 atom stereocenters. The van der Waals surface area contributed by atoms with Crippen LogP contribution in [0.3, 0.4) is 0 Å². The molecule has 1 amide bonds. The number of halogens is 5. The number of benzene rings is 4. The summed E-state index contributed by atoms with van der Waals surface area (Å²) in [7, 11) is 0. The number of aliphatic carboxylic acids is 1. The standard InChI is InChI=1S/C29H20ClF4NO4/c30-23-15-20(7-11-24(23)31)17-3-1-16(2-4-17)13-25(28(38)39)35-27(37)22-14-19(8-12-26(22)36)18-5-9-21(10-6-18)29(32,33)34/h1-12,14-15,25,36H,13H2,(H,35,37)(H,38,39)/t25-/m1/s1. The smallest absolute Gasteiger partial charge is 0.416 e. The van der Waals surface area contributed by atoms with Gasteiger partial charge in [-0.2, -0.15) is 13.2 Å². The highest BCUT2D eigenvalue weighted by Crippen LogP contribution is 2.32. The summed E-state index contributed by atoms with van der Waals surface area (Å²) in [4.78, 5) is 24.8. The fourth-order valence-corrected chi connectivity index (χ4v) is 4.11. The number of carboxylic acid groups (broad SMARTS) is 1. The number of carboxylic acids is 1. The Kier molecular flexibility index (Phi) is 7.92. The number of phenolic OH excluding ortho intramolecular Hbond substituents is 1. The summed E-state index contributed by atoms with van der Waals surface area (Å²) in [6.45, 7) is 0. The lowest BCUT2D eigenvalue weighted by Crippen LogP contribution is -2.42. The minimum Gasteiger partial charge on any atom is -0.507 e. The van der Waals surface area contributed by atoms with Crippen molar-refractivity contribution in [2.45, 2.75) is 18.6 Å². The zero-order valence-electron chi connectivity index (χ0n) is 20.0. The number of carbonyl (C=O) groups excluding carboxylic acids is 1. The van der Waals surface area contributed by atoms with Crippen LogP contribution < -0.4 is 5.32 Å². The van der Waals surface area contributed by atoms with Gasteiger partial charge in [0.1, 0.15) is 17.6 Å². The van der Waals surface area contributed by atoms with Gasteiger partial charge in [-0.1, -0.05) is 60.1 Å². The first kappa shape index (κ1) is 27.7. The van der Waals surface area contributed by atoms with Crippen LogP contribution in [0.15, 0.2) is 84.9 Å². The second-order valence-corrected chi connectivity index (χ2v) is 9.11. The third-order valence-electron chi connectivity index (χ3n) is 6.04. The van der Waals surface area contributed by atoms with Crippen molar-refractivity contribution in [3.05, 3.63) is 112 Å². The molecular formula is C29H20ClF4NO4. The number of alkyl halides is 3. The number of aromatic hydroxyl groups is 1. The molecule has 0 aliphatic carbocycles. The molecule has 0 saturated carbocycles. The molecule has 0 heterocycles. The lowest BCUT2D eigenvalue weighted by molar-refractivity contribution is -0.139. The molecule has 0 unspecified atom stereocenters. The highest BCUT2D eigenvalue weighted by molar-refractivity contribution is 6.31. The number of nitrogens with one attached hydrogen (secondary N) is 1. The Bertz CT molecular complexity index is 1520. The maximum Gasteiger partial charge on any atom is 0.416 e. The van der Waals surface area contributed by atoms with Crippen molar-refractivity contribution in [3.8, 4) is 28.0 Å². The molecule has 4 aromatic carbocycles. The Morgan fingerprint density at radius 1 is 0.821 bits per heavy atom. The van der Waals surface area contributed by atoms with Gasteiger partial charge in [0.15, 0.2) is 0 Å². The number of carbonyl (C=O) groups is 2. The van der Waals surface area contributed by atoms with Gasteiger partial charge in [0.2, 0.25) is 0 Å². The van der Waals surface area contributed by atoms with Gasteiger partial charge < -0.3 is 15.5 Å². The van der Waals surface area contributed by atoms with E-state index < -0.39 is 41.2 Å². The number of phenols is 1. The molecule has 0 fully saturated rings. The fourth-order valence-electron chi connectivity index (χ4n) is 3.93. The van der Waals surface area contributed by atoms with Gasteiger partial charge in [0.25, 0.3) is 5.91 Å². The zero-order chi connectivity index (χ0) is 28.3. The lowest BCUT2D eigenvalue weighted by atomic mass is 9.99. The highest BCUT2D eigenvalue weighted by Gasteiger charge is 2.30. The van der Waals surface area contributed by atoms with Crippen molar-refractivity contribution >= 4 is 23.5 Å². The van der Waals surface area contributed by atoms with Crippen LogP contribution in [-0.2, 0) is 17.4 Å². The molecule has 0 aliphatic rings. The minimum atomic E-state index is -4.50. The molecule has 0 saturated heterocycles. The van der Waals surface area contributed by atoms with Crippen LogP contribution >= 0.6 is 11.6 Å². The predicted molar refractivity (Wildman–Crippen MR) is 138 cm³/mol. The van der Waals surface area contributed by atoms with Gasteiger partial charge in [-0.25, -0.2) is 9.18 Å². The summed E-state index contributed by atoms with van der Waals surface area (Å²) in [5, 5.41) is 22.3. The van der Waals surface area contributed by atoms with E-state index in [-0.39, 0.29) is 17.0 Å². The molecule has 10 heteroatoms. The largest absolute Gasteiger partial charge is 0.507 e. The van der Waals surface area contributed by atoms with E-state index in [1.54, 1.807) is 30.3 Å². The molecular weight excluding hydrogens is 538 g/mol. The van der Waals surface area contributed by atoms with E-state index in [2.05, 4.69) is 5.32 Å². The van der Waals surface area contributed by atoms with Crippen LogP contribution in [0.25, 0.3) is 22.3 Å². The van der Waals surface area contributed by atoms with Gasteiger partial charge in [0, 0.05) is 6.42 Å². The summed E-state index contributed by atoms with van der Waals surface area (Å²) < 4.78 is 52.0. The van der Waals surface area contributed by atoms with Crippen molar-refractivity contribution in [1.82, 2.24) is 5.32 Å². The summed E-state index contributed by atoms with van der Waals surface area (Å²) in [5.74, 6) is -3.15. The molecule has 0 aromatic heterocycles. The van der Waals surface area contributed by atoms with E-state index in [1.165, 1.54) is 42.5 Å². The summed E-state index contributed by atoms with van der Waals surface area (Å²) in [5.41, 5.74) is 1.64. The molecule has 4 rings (SSSR count). The first-order chi connectivity index (χ1) is 18.4. The van der Waals surface area contributed by atoms with Crippen LogP contribution in [0.2, 0.25) is 5.02 Å². The topological polar surface area (TPSA) is 86.6 Å². The third kappa shape index (κ3) is 6.56. The van der Waals surface area contributed by atoms with E-state index >= 15 is 0 Å². The van der Waals surface area contributed by atoms with Gasteiger partial charge in [-0.15, -0.1) is 0 Å². The highest BCUT2D eigenvalue weighted by atomic mass is 35.5. The Morgan fingerprint density at radius 2 is 1.36 bits per heavy atom. The first-order valence-electron chi connectivity index (χ1n) is 11.5.